The highest BCUT2D eigenvalue weighted by atomic mass is 79.9. The number of ether oxygens (including phenoxy) is 1. The minimum atomic E-state index is -0.638. The Hall–Kier alpha value is -3.73. The first-order chi connectivity index (χ1) is 20.3. The average Bonchev–Trinajstić information content (AvgIpc) is 3.51. The third kappa shape index (κ3) is 5.54. The summed E-state index contributed by atoms with van der Waals surface area (Å²) in [5.74, 6) is 1.34. The highest BCUT2D eigenvalue weighted by molar-refractivity contribution is 9.10. The molecular formula is C32H31BrN4O4S. The van der Waals surface area contributed by atoms with Crippen LogP contribution >= 0.6 is 27.3 Å². The van der Waals surface area contributed by atoms with E-state index in [4.69, 9.17) is 14.1 Å². The van der Waals surface area contributed by atoms with Crippen molar-refractivity contribution in [3.8, 4) is 0 Å². The molecule has 0 spiro atoms. The number of hydrogen-bond acceptors (Lipinski definition) is 7. The summed E-state index contributed by atoms with van der Waals surface area (Å²) < 4.78 is 14.6. The van der Waals surface area contributed by atoms with Crippen LogP contribution in [0.5, 0.6) is 0 Å². The number of morpholine rings is 1. The summed E-state index contributed by atoms with van der Waals surface area (Å²) in [6, 6.07) is 18.7. The van der Waals surface area contributed by atoms with E-state index in [1.54, 1.807) is 10.6 Å². The van der Waals surface area contributed by atoms with Gasteiger partial charge in [0.25, 0.3) is 11.5 Å². The van der Waals surface area contributed by atoms with Gasteiger partial charge in [-0.25, -0.2) is 4.99 Å². The lowest BCUT2D eigenvalue weighted by Gasteiger charge is -2.26. The molecule has 216 valence electrons. The number of fused-ring (bicyclic) bond motifs is 1. The normalized spacial score (nSPS) is 17.4. The first-order valence-electron chi connectivity index (χ1n) is 13.9. The molecule has 0 saturated carbocycles. The molecule has 8 nitrogen and oxygen atoms in total. The van der Waals surface area contributed by atoms with E-state index in [0.717, 1.165) is 29.0 Å². The number of anilines is 2. The van der Waals surface area contributed by atoms with Crippen molar-refractivity contribution in [1.82, 2.24) is 4.57 Å². The van der Waals surface area contributed by atoms with Crippen LogP contribution in [-0.4, -0.2) is 36.8 Å². The van der Waals surface area contributed by atoms with Gasteiger partial charge < -0.3 is 19.4 Å². The molecule has 0 radical (unpaired) electrons. The molecule has 2 aromatic carbocycles. The Labute approximate surface area is 255 Å². The molecular weight excluding hydrogens is 616 g/mol. The third-order valence-corrected chi connectivity index (χ3v) is 9.03. The fraction of sp³-hybridized carbons (Fsp3) is 0.281. The smallest absolute Gasteiger partial charge is 0.271 e. The number of carbonyl (C=O) groups excluding carboxylic acids is 1. The Morgan fingerprint density at radius 2 is 1.83 bits per heavy atom. The summed E-state index contributed by atoms with van der Waals surface area (Å²) in [5, 5.41) is 3.00. The number of nitrogens with one attached hydrogen (secondary N) is 1. The van der Waals surface area contributed by atoms with Gasteiger partial charge in [-0.1, -0.05) is 67.6 Å². The van der Waals surface area contributed by atoms with Crippen molar-refractivity contribution in [2.45, 2.75) is 32.7 Å². The monoisotopic (exact) mass is 646 g/mol. The van der Waals surface area contributed by atoms with Crippen molar-refractivity contribution in [2.24, 2.45) is 4.99 Å². The molecule has 1 N–H and O–H groups in total. The van der Waals surface area contributed by atoms with Crippen LogP contribution in [0.4, 0.5) is 11.6 Å². The molecule has 1 fully saturated rings. The standard InChI is InChI=1S/C32H31BrN4O4S/c1-19(2)21-9-11-22(12-10-21)28-27(29(38)35-23-7-5-4-6-8-23)20(3)34-32-37(28)30(39)26(42-32)18-24-17-25(33)31(41-24)36-13-15-40-16-14-36/h4-12,17-19,28H,13-16H2,1-3H3,(H,35,38)/b26-18+/t28-/m0/s1. The first kappa shape index (κ1) is 28.4. The predicted molar refractivity (Wildman–Crippen MR) is 169 cm³/mol. The molecule has 1 atom stereocenters. The Kier molecular flexibility index (Phi) is 8.02. The van der Waals surface area contributed by atoms with E-state index in [1.165, 1.54) is 16.9 Å². The van der Waals surface area contributed by atoms with Gasteiger partial charge in [-0.3, -0.25) is 14.2 Å². The second-order valence-electron chi connectivity index (χ2n) is 10.6. The van der Waals surface area contributed by atoms with Gasteiger partial charge >= 0.3 is 0 Å². The van der Waals surface area contributed by atoms with E-state index in [2.05, 4.69) is 52.1 Å². The van der Waals surface area contributed by atoms with Crippen LogP contribution < -0.4 is 25.1 Å². The summed E-state index contributed by atoms with van der Waals surface area (Å²) in [5.41, 5.74) is 3.48. The van der Waals surface area contributed by atoms with Gasteiger partial charge in [0.05, 0.1) is 39.5 Å². The van der Waals surface area contributed by atoms with Crippen molar-refractivity contribution in [3.05, 3.63) is 113 Å². The number of amides is 1. The number of allylic oxidation sites excluding steroid dienone is 1. The van der Waals surface area contributed by atoms with Crippen molar-refractivity contribution < 1.29 is 13.9 Å². The van der Waals surface area contributed by atoms with Crippen LogP contribution in [0, 0.1) is 0 Å². The molecule has 42 heavy (non-hydrogen) atoms. The maximum Gasteiger partial charge on any atom is 0.271 e. The second kappa shape index (κ2) is 11.9. The van der Waals surface area contributed by atoms with Gasteiger partial charge in [0.1, 0.15) is 5.76 Å². The van der Waals surface area contributed by atoms with Gasteiger partial charge in [-0.15, -0.1) is 0 Å². The highest BCUT2D eigenvalue weighted by Gasteiger charge is 2.32. The Bertz CT molecular complexity index is 1830. The molecule has 10 heteroatoms. The lowest BCUT2D eigenvalue weighted by atomic mass is 9.93. The number of aromatic nitrogens is 1. The van der Waals surface area contributed by atoms with E-state index in [1.807, 2.05) is 55.5 Å². The summed E-state index contributed by atoms with van der Waals surface area (Å²) in [6.45, 7) is 8.84. The molecule has 0 bridgehead atoms. The number of rotatable bonds is 6. The van der Waals surface area contributed by atoms with Crippen LogP contribution in [0.2, 0.25) is 0 Å². The molecule has 1 amide bonds. The first-order valence-corrected chi connectivity index (χ1v) is 15.5. The number of furan rings is 1. The molecule has 4 aromatic rings. The predicted octanol–water partition coefficient (Wildman–Crippen LogP) is 5.19. The average molecular weight is 648 g/mol. The largest absolute Gasteiger partial charge is 0.440 e. The van der Waals surface area contributed by atoms with Crippen LogP contribution in [0.25, 0.3) is 6.08 Å². The SMILES string of the molecule is CC1=C(C(=O)Nc2ccccc2)[C@H](c2ccc(C(C)C)cc2)n2c(s/c(=C/c3cc(Br)c(N4CCOCC4)o3)c2=O)=N1. The van der Waals surface area contributed by atoms with Crippen LogP contribution in [0.3, 0.4) is 0 Å². The second-order valence-corrected chi connectivity index (χ2v) is 12.5. The van der Waals surface area contributed by atoms with Crippen LogP contribution in [-0.2, 0) is 9.53 Å². The maximum atomic E-state index is 14.1. The zero-order chi connectivity index (χ0) is 29.4. The number of nitrogens with zero attached hydrogens (tertiary/aromatic N) is 3. The number of para-hydroxylation sites is 1. The van der Waals surface area contributed by atoms with Gasteiger partial charge in [0.2, 0.25) is 5.88 Å². The summed E-state index contributed by atoms with van der Waals surface area (Å²) >= 11 is 4.90. The number of thiazole rings is 1. The minimum Gasteiger partial charge on any atom is -0.440 e. The van der Waals surface area contributed by atoms with Crippen molar-refractivity contribution in [1.29, 1.82) is 0 Å². The van der Waals surface area contributed by atoms with E-state index >= 15 is 0 Å². The molecule has 6 rings (SSSR count). The highest BCUT2D eigenvalue weighted by Crippen LogP contribution is 2.33. The van der Waals surface area contributed by atoms with Crippen molar-refractivity contribution >= 4 is 50.8 Å². The molecule has 4 heterocycles. The summed E-state index contributed by atoms with van der Waals surface area (Å²) in [6.07, 6.45) is 1.75. The summed E-state index contributed by atoms with van der Waals surface area (Å²) in [4.78, 5) is 35.2. The van der Waals surface area contributed by atoms with Gasteiger partial charge in [0, 0.05) is 30.9 Å². The Morgan fingerprint density at radius 3 is 2.52 bits per heavy atom. The number of hydrogen-bond donors (Lipinski definition) is 1. The van der Waals surface area contributed by atoms with Crippen molar-refractivity contribution in [2.75, 3.05) is 36.5 Å². The fourth-order valence-electron chi connectivity index (χ4n) is 5.27. The molecule has 1 saturated heterocycles. The lowest BCUT2D eigenvalue weighted by molar-refractivity contribution is -0.113. The molecule has 0 aliphatic carbocycles. The number of halogens is 1. The molecule has 2 aromatic heterocycles. The molecule has 2 aliphatic rings. The maximum absolute atomic E-state index is 14.1. The van der Waals surface area contributed by atoms with Crippen LogP contribution in [0.1, 0.15) is 49.6 Å². The fourth-order valence-corrected chi connectivity index (χ4v) is 6.85. The van der Waals surface area contributed by atoms with Gasteiger partial charge in [-0.05, 0) is 52.0 Å². The van der Waals surface area contributed by atoms with Gasteiger partial charge in [0.15, 0.2) is 4.80 Å². The van der Waals surface area contributed by atoms with E-state index in [9.17, 15) is 9.59 Å². The van der Waals surface area contributed by atoms with E-state index in [0.29, 0.717) is 51.2 Å². The Balaban J connectivity index is 1.45. The summed E-state index contributed by atoms with van der Waals surface area (Å²) in [7, 11) is 0. The number of carbonyl (C=O) groups is 1. The Morgan fingerprint density at radius 1 is 1.12 bits per heavy atom. The molecule has 2 aliphatic heterocycles. The van der Waals surface area contributed by atoms with E-state index in [-0.39, 0.29) is 11.5 Å². The zero-order valence-corrected chi connectivity index (χ0v) is 26.0. The third-order valence-electron chi connectivity index (χ3n) is 7.48. The topological polar surface area (TPSA) is 89.1 Å². The number of benzene rings is 2. The molecule has 0 unspecified atom stereocenters. The zero-order valence-electron chi connectivity index (χ0n) is 23.6. The quantitative estimate of drug-likeness (QED) is 0.312. The van der Waals surface area contributed by atoms with Crippen LogP contribution in [0.15, 0.2) is 90.6 Å². The lowest BCUT2D eigenvalue weighted by Crippen LogP contribution is -2.40. The van der Waals surface area contributed by atoms with E-state index < -0.39 is 6.04 Å². The minimum absolute atomic E-state index is 0.227. The van der Waals surface area contributed by atoms with Gasteiger partial charge in [-0.2, -0.15) is 0 Å². The van der Waals surface area contributed by atoms with Crippen molar-refractivity contribution in [3.63, 3.8) is 0 Å².